The quantitative estimate of drug-likeness (QED) is 0.294. The first-order valence-electron chi connectivity index (χ1n) is 10.6. The van der Waals surface area contributed by atoms with Gasteiger partial charge >= 0.3 is 6.18 Å². The number of rotatable bonds is 6. The minimum Gasteiger partial charge on any atom is -0.457 e. The van der Waals surface area contributed by atoms with Gasteiger partial charge in [0, 0.05) is 17.1 Å². The number of nitriles is 1. The number of halogens is 3. The number of hydrogen-bond donors (Lipinski definition) is 0. The van der Waals surface area contributed by atoms with E-state index in [9.17, 15) is 26.9 Å². The van der Waals surface area contributed by atoms with Crippen LogP contribution < -0.4 is 4.74 Å². The highest BCUT2D eigenvalue weighted by molar-refractivity contribution is 7.91. The van der Waals surface area contributed by atoms with E-state index in [-0.39, 0.29) is 27.1 Å². The molecule has 4 aromatic rings. The van der Waals surface area contributed by atoms with Gasteiger partial charge in [-0.1, -0.05) is 37.3 Å². The van der Waals surface area contributed by atoms with Crippen molar-refractivity contribution in [1.29, 1.82) is 5.26 Å². The first-order chi connectivity index (χ1) is 16.6. The molecule has 0 spiro atoms. The summed E-state index contributed by atoms with van der Waals surface area (Å²) in [6.07, 6.45) is -3.00. The van der Waals surface area contributed by atoms with Crippen molar-refractivity contribution >= 4 is 20.7 Å². The number of benzene rings is 3. The summed E-state index contributed by atoms with van der Waals surface area (Å²) in [5.41, 5.74) is -0.275. The third-order valence-electron chi connectivity index (χ3n) is 5.32. The van der Waals surface area contributed by atoms with E-state index in [0.29, 0.717) is 29.0 Å². The molecule has 0 bridgehead atoms. The summed E-state index contributed by atoms with van der Waals surface area (Å²) in [6, 6.07) is 18.3. The zero-order chi connectivity index (χ0) is 25.2. The molecule has 0 unspecified atom stereocenters. The molecule has 0 N–H and O–H groups in total. The average molecular weight is 497 g/mol. The SMILES string of the molecule is CCCS(=O)(=O)c1cccc(Oc2cccc(-c3c(C#N)cnc4c(C(F)(F)F)cccc34)c2)c1. The second-order valence-corrected chi connectivity index (χ2v) is 9.89. The van der Waals surface area contributed by atoms with Crippen LogP contribution in [0.5, 0.6) is 11.5 Å². The van der Waals surface area contributed by atoms with E-state index >= 15 is 0 Å². The molecule has 3 aromatic carbocycles. The molecule has 0 radical (unpaired) electrons. The second kappa shape index (κ2) is 9.39. The first kappa shape index (κ1) is 24.2. The Morgan fingerprint density at radius 1 is 1.00 bits per heavy atom. The lowest BCUT2D eigenvalue weighted by Gasteiger charge is -2.14. The Hall–Kier alpha value is -3.90. The molecule has 0 fully saturated rings. The van der Waals surface area contributed by atoms with Gasteiger partial charge in [-0.05, 0) is 48.4 Å². The van der Waals surface area contributed by atoms with Crippen molar-refractivity contribution in [1.82, 2.24) is 4.98 Å². The fourth-order valence-corrected chi connectivity index (χ4v) is 5.17. The number of alkyl halides is 3. The molecule has 0 aliphatic heterocycles. The van der Waals surface area contributed by atoms with Gasteiger partial charge in [-0.3, -0.25) is 4.98 Å². The molecule has 0 amide bonds. The maximum absolute atomic E-state index is 13.5. The smallest absolute Gasteiger partial charge is 0.418 e. The predicted octanol–water partition coefficient (Wildman–Crippen LogP) is 6.77. The summed E-state index contributed by atoms with van der Waals surface area (Å²) in [5, 5.41) is 9.81. The normalized spacial score (nSPS) is 11.9. The summed E-state index contributed by atoms with van der Waals surface area (Å²) in [7, 11) is -3.44. The van der Waals surface area contributed by atoms with Gasteiger partial charge in [-0.2, -0.15) is 18.4 Å². The molecular formula is C26H19F3N2O3S. The summed E-state index contributed by atoms with van der Waals surface area (Å²) in [6.45, 7) is 1.78. The maximum atomic E-state index is 13.5. The Balaban J connectivity index is 1.79. The van der Waals surface area contributed by atoms with Gasteiger partial charge in [0.2, 0.25) is 0 Å². The molecule has 5 nitrogen and oxygen atoms in total. The lowest BCUT2D eigenvalue weighted by Crippen LogP contribution is -2.07. The van der Waals surface area contributed by atoms with Crippen LogP contribution in [-0.4, -0.2) is 19.2 Å². The number of aromatic nitrogens is 1. The van der Waals surface area contributed by atoms with E-state index in [4.69, 9.17) is 4.74 Å². The van der Waals surface area contributed by atoms with Crippen molar-refractivity contribution in [2.75, 3.05) is 5.75 Å². The molecule has 0 saturated heterocycles. The number of para-hydroxylation sites is 1. The van der Waals surface area contributed by atoms with Crippen molar-refractivity contribution in [2.24, 2.45) is 0 Å². The summed E-state index contributed by atoms with van der Waals surface area (Å²) >= 11 is 0. The molecule has 35 heavy (non-hydrogen) atoms. The molecule has 0 aliphatic rings. The van der Waals surface area contributed by atoms with E-state index in [1.54, 1.807) is 43.3 Å². The van der Waals surface area contributed by atoms with Crippen LogP contribution in [0.15, 0.2) is 77.8 Å². The van der Waals surface area contributed by atoms with Gasteiger partial charge < -0.3 is 4.74 Å². The monoisotopic (exact) mass is 496 g/mol. The fraction of sp³-hybridized carbons (Fsp3) is 0.154. The van der Waals surface area contributed by atoms with Gasteiger partial charge in [0.15, 0.2) is 9.84 Å². The number of nitrogens with zero attached hydrogens (tertiary/aromatic N) is 2. The van der Waals surface area contributed by atoms with Gasteiger partial charge in [0.05, 0.1) is 27.3 Å². The molecular weight excluding hydrogens is 477 g/mol. The molecule has 9 heteroatoms. The molecule has 178 valence electrons. The number of hydrogen-bond acceptors (Lipinski definition) is 5. The Labute approximate surface area is 200 Å². The molecule has 4 rings (SSSR count). The van der Waals surface area contributed by atoms with Gasteiger partial charge in [-0.25, -0.2) is 8.42 Å². The van der Waals surface area contributed by atoms with Gasteiger partial charge in [0.25, 0.3) is 0 Å². The number of sulfone groups is 1. The van der Waals surface area contributed by atoms with Crippen molar-refractivity contribution in [3.8, 4) is 28.7 Å². The van der Waals surface area contributed by atoms with Crippen LogP contribution in [0.1, 0.15) is 24.5 Å². The predicted molar refractivity (Wildman–Crippen MR) is 126 cm³/mol. The van der Waals surface area contributed by atoms with Crippen LogP contribution in [0.25, 0.3) is 22.0 Å². The Kier molecular flexibility index (Phi) is 6.50. The lowest BCUT2D eigenvalue weighted by atomic mass is 9.95. The summed E-state index contributed by atoms with van der Waals surface area (Å²) in [5.74, 6) is 0.630. The van der Waals surface area contributed by atoms with Gasteiger partial charge in [0.1, 0.15) is 17.6 Å². The molecule has 0 aliphatic carbocycles. The Morgan fingerprint density at radius 2 is 1.69 bits per heavy atom. The van der Waals surface area contributed by atoms with Crippen LogP contribution in [0.4, 0.5) is 13.2 Å². The third kappa shape index (κ3) is 4.98. The zero-order valence-electron chi connectivity index (χ0n) is 18.5. The minimum atomic E-state index is -4.61. The Morgan fingerprint density at radius 3 is 2.37 bits per heavy atom. The van der Waals surface area contributed by atoms with Crippen molar-refractivity contribution < 1.29 is 26.3 Å². The van der Waals surface area contributed by atoms with E-state index in [1.807, 2.05) is 6.07 Å². The van der Waals surface area contributed by atoms with Crippen molar-refractivity contribution in [2.45, 2.75) is 24.4 Å². The highest BCUT2D eigenvalue weighted by Gasteiger charge is 2.33. The molecule has 1 heterocycles. The average Bonchev–Trinajstić information content (AvgIpc) is 2.82. The molecule has 0 saturated carbocycles. The minimum absolute atomic E-state index is 0.0118. The number of fused-ring (bicyclic) bond motifs is 1. The van der Waals surface area contributed by atoms with Crippen LogP contribution in [-0.2, 0) is 16.0 Å². The third-order valence-corrected chi connectivity index (χ3v) is 7.24. The van der Waals surface area contributed by atoms with Gasteiger partial charge in [-0.15, -0.1) is 0 Å². The summed E-state index contributed by atoms with van der Waals surface area (Å²) < 4.78 is 71.3. The maximum Gasteiger partial charge on any atom is 0.418 e. The van der Waals surface area contributed by atoms with Crippen LogP contribution >= 0.6 is 0 Å². The standard InChI is InChI=1S/C26H19F3N2O3S/c1-2-12-35(32,33)21-9-4-8-20(14-21)34-19-7-3-6-17(13-19)24-18(15-30)16-31-25-22(24)10-5-11-23(25)26(27,28)29/h3-11,13-14,16H,2,12H2,1H3. The Bertz CT molecular complexity index is 1560. The number of pyridine rings is 1. The second-order valence-electron chi connectivity index (χ2n) is 7.78. The molecule has 1 aromatic heterocycles. The van der Waals surface area contributed by atoms with Crippen LogP contribution in [0.3, 0.4) is 0 Å². The van der Waals surface area contributed by atoms with E-state index < -0.39 is 21.6 Å². The summed E-state index contributed by atoms with van der Waals surface area (Å²) in [4.78, 5) is 4.05. The lowest BCUT2D eigenvalue weighted by molar-refractivity contribution is -0.136. The van der Waals surface area contributed by atoms with Crippen LogP contribution in [0, 0.1) is 11.3 Å². The first-order valence-corrected chi connectivity index (χ1v) is 12.3. The highest BCUT2D eigenvalue weighted by Crippen LogP contribution is 2.39. The number of ether oxygens (including phenoxy) is 1. The van der Waals surface area contributed by atoms with E-state index in [0.717, 1.165) is 12.3 Å². The highest BCUT2D eigenvalue weighted by atomic mass is 32.2. The fourth-order valence-electron chi connectivity index (χ4n) is 3.82. The van der Waals surface area contributed by atoms with E-state index in [1.165, 1.54) is 24.3 Å². The topological polar surface area (TPSA) is 80.0 Å². The van der Waals surface area contributed by atoms with Crippen LogP contribution in [0.2, 0.25) is 0 Å². The van der Waals surface area contributed by atoms with E-state index in [2.05, 4.69) is 4.98 Å². The van der Waals surface area contributed by atoms with Crippen molar-refractivity contribution in [3.05, 3.63) is 84.1 Å². The zero-order valence-corrected chi connectivity index (χ0v) is 19.3. The largest absolute Gasteiger partial charge is 0.457 e. The van der Waals surface area contributed by atoms with Crippen molar-refractivity contribution in [3.63, 3.8) is 0 Å². The molecule has 0 atom stereocenters.